The van der Waals surface area contributed by atoms with Gasteiger partial charge in [0.1, 0.15) is 17.4 Å². The Kier molecular flexibility index (Phi) is 7.28. The van der Waals surface area contributed by atoms with Crippen LogP contribution in [0.25, 0.3) is 11.0 Å². The van der Waals surface area contributed by atoms with Crippen molar-refractivity contribution in [2.24, 2.45) is 0 Å². The number of ether oxygens (including phenoxy) is 3. The van der Waals surface area contributed by atoms with Crippen molar-refractivity contribution < 1.29 is 24.1 Å². The predicted octanol–water partition coefficient (Wildman–Crippen LogP) is 2.63. The second-order valence-electron chi connectivity index (χ2n) is 9.40. The summed E-state index contributed by atoms with van der Waals surface area (Å²) in [4.78, 5) is 43.5. The third-order valence-electron chi connectivity index (χ3n) is 6.57. The zero-order valence-corrected chi connectivity index (χ0v) is 20.9. The van der Waals surface area contributed by atoms with E-state index in [1.807, 2.05) is 24.3 Å². The van der Waals surface area contributed by atoms with E-state index in [9.17, 15) is 19.5 Å². The Balaban J connectivity index is 1.93. The number of nitrogens with zero attached hydrogens (tertiary/aromatic N) is 3. The van der Waals surface area contributed by atoms with Crippen LogP contribution in [0.15, 0.2) is 46.0 Å². The first-order chi connectivity index (χ1) is 17.1. The number of carboxylic acids is 1. The highest BCUT2D eigenvalue weighted by Gasteiger charge is 2.35. The van der Waals surface area contributed by atoms with Crippen LogP contribution in [0, 0.1) is 6.92 Å². The lowest BCUT2D eigenvalue weighted by atomic mass is 10.0. The van der Waals surface area contributed by atoms with E-state index in [-0.39, 0.29) is 18.2 Å². The smallest absolute Gasteiger partial charge is 0.332 e. The van der Waals surface area contributed by atoms with Crippen molar-refractivity contribution in [3.05, 3.63) is 68.5 Å². The Labute approximate surface area is 208 Å². The van der Waals surface area contributed by atoms with Crippen molar-refractivity contribution in [1.29, 1.82) is 0 Å². The first-order valence-electron chi connectivity index (χ1n) is 11.9. The molecule has 192 valence electrons. The van der Waals surface area contributed by atoms with Gasteiger partial charge in [0.2, 0.25) is 0 Å². The number of pyridine rings is 1. The second kappa shape index (κ2) is 10.2. The van der Waals surface area contributed by atoms with Gasteiger partial charge in [-0.2, -0.15) is 0 Å². The van der Waals surface area contributed by atoms with Gasteiger partial charge in [-0.1, -0.05) is 18.2 Å². The lowest BCUT2D eigenvalue weighted by Crippen LogP contribution is -2.53. The van der Waals surface area contributed by atoms with Gasteiger partial charge in [0.05, 0.1) is 25.3 Å². The number of aryl methyl sites for hydroxylation is 1. The minimum absolute atomic E-state index is 0.0216. The molecule has 0 aliphatic carbocycles. The van der Waals surface area contributed by atoms with Gasteiger partial charge in [0.15, 0.2) is 5.52 Å². The average Bonchev–Trinajstić information content (AvgIpc) is 2.86. The molecule has 1 aliphatic heterocycles. The van der Waals surface area contributed by atoms with Crippen molar-refractivity contribution in [3.8, 4) is 5.75 Å². The highest BCUT2D eigenvalue weighted by Crippen LogP contribution is 2.32. The van der Waals surface area contributed by atoms with Crippen molar-refractivity contribution in [2.75, 3.05) is 20.3 Å². The van der Waals surface area contributed by atoms with Crippen LogP contribution in [-0.2, 0) is 26.4 Å². The first kappa shape index (κ1) is 25.6. The Morgan fingerprint density at radius 3 is 2.56 bits per heavy atom. The molecule has 1 aromatic carbocycles. The molecule has 0 radical (unpaired) electrons. The predicted molar refractivity (Wildman–Crippen MR) is 133 cm³/mol. The van der Waals surface area contributed by atoms with Crippen LogP contribution in [0.1, 0.15) is 44.1 Å². The number of para-hydroxylation sites is 1. The summed E-state index contributed by atoms with van der Waals surface area (Å²) in [6.07, 6.45) is 0.684. The monoisotopic (exact) mass is 497 g/mol. The molecule has 1 N–H and O–H groups in total. The molecule has 3 aromatic rings. The van der Waals surface area contributed by atoms with Gasteiger partial charge in [0.25, 0.3) is 5.56 Å². The fourth-order valence-corrected chi connectivity index (χ4v) is 4.46. The number of rotatable bonds is 8. The summed E-state index contributed by atoms with van der Waals surface area (Å²) in [5, 5.41) is 9.82. The highest BCUT2D eigenvalue weighted by molar-refractivity contribution is 5.78. The van der Waals surface area contributed by atoms with Crippen LogP contribution in [-0.4, -0.2) is 51.6 Å². The number of carboxylic acid groups (broad SMARTS) is 1. The number of aromatic nitrogens is 3. The summed E-state index contributed by atoms with van der Waals surface area (Å²) in [5.74, 6) is -0.708. The third-order valence-corrected chi connectivity index (χ3v) is 6.57. The molecule has 10 heteroatoms. The first-order valence-corrected chi connectivity index (χ1v) is 11.9. The molecule has 0 bridgehead atoms. The van der Waals surface area contributed by atoms with Gasteiger partial charge >= 0.3 is 11.7 Å². The quantitative estimate of drug-likeness (QED) is 0.504. The number of aliphatic carboxylic acids is 1. The van der Waals surface area contributed by atoms with E-state index in [0.717, 1.165) is 10.1 Å². The molecule has 1 saturated heterocycles. The van der Waals surface area contributed by atoms with E-state index in [1.165, 1.54) is 18.4 Å². The van der Waals surface area contributed by atoms with Crippen molar-refractivity contribution in [1.82, 2.24) is 14.1 Å². The van der Waals surface area contributed by atoms with Gasteiger partial charge in [-0.05, 0) is 51.8 Å². The molecule has 1 atom stereocenters. The average molecular weight is 498 g/mol. The molecule has 0 spiro atoms. The summed E-state index contributed by atoms with van der Waals surface area (Å²) < 4.78 is 19.7. The van der Waals surface area contributed by atoms with Gasteiger partial charge in [-0.3, -0.25) is 9.36 Å². The number of hydrogen-bond donors (Lipinski definition) is 1. The molecule has 1 fully saturated rings. The maximum absolute atomic E-state index is 13.8. The fourth-order valence-electron chi connectivity index (χ4n) is 4.46. The van der Waals surface area contributed by atoms with Crippen LogP contribution in [0.4, 0.5) is 0 Å². The van der Waals surface area contributed by atoms with E-state index in [1.54, 1.807) is 26.2 Å². The minimum atomic E-state index is -1.79. The number of hydrogen-bond acceptors (Lipinski definition) is 7. The van der Waals surface area contributed by atoms with Crippen LogP contribution in [0.3, 0.4) is 0 Å². The molecule has 0 unspecified atom stereocenters. The van der Waals surface area contributed by atoms with E-state index in [2.05, 4.69) is 4.98 Å². The largest absolute Gasteiger partial charge is 0.496 e. The summed E-state index contributed by atoms with van der Waals surface area (Å²) in [6.45, 7) is 5.54. The van der Waals surface area contributed by atoms with Crippen LogP contribution >= 0.6 is 0 Å². The van der Waals surface area contributed by atoms with E-state index < -0.39 is 28.9 Å². The zero-order chi connectivity index (χ0) is 26.0. The number of carbonyl (C=O) groups is 1. The standard InChI is InChI=1S/C26H31N3O7/c1-16-9-10-19-22(27-16)23(30)29(26(2,3)24(31)32)25(33)28(19)15-21(36-17-11-13-35-14-12-17)18-7-5-6-8-20(18)34-4/h5-10,17,21H,11-15H2,1-4H3,(H,31,32)/t21-/m0/s1. The molecule has 4 rings (SSSR count). The highest BCUT2D eigenvalue weighted by atomic mass is 16.5. The van der Waals surface area contributed by atoms with Crippen molar-refractivity contribution in [3.63, 3.8) is 0 Å². The summed E-state index contributed by atoms with van der Waals surface area (Å²) in [7, 11) is 1.56. The van der Waals surface area contributed by atoms with Crippen LogP contribution in [0.5, 0.6) is 5.75 Å². The molecule has 3 heterocycles. The van der Waals surface area contributed by atoms with Crippen LogP contribution < -0.4 is 16.0 Å². The third kappa shape index (κ3) is 4.78. The Hall–Kier alpha value is -3.50. The normalized spacial score (nSPS) is 15.7. The fraction of sp³-hybridized carbons (Fsp3) is 0.462. The molecule has 1 aliphatic rings. The van der Waals surface area contributed by atoms with Gasteiger partial charge in [0, 0.05) is 24.5 Å². The van der Waals surface area contributed by atoms with E-state index in [4.69, 9.17) is 14.2 Å². The second-order valence-corrected chi connectivity index (χ2v) is 9.40. The SMILES string of the molecule is COc1ccccc1[C@H](Cn1c(=O)n(C(C)(C)C(=O)O)c(=O)c2nc(C)ccc21)OC1CCOCC1. The van der Waals surface area contributed by atoms with Gasteiger partial charge in [-0.15, -0.1) is 0 Å². The molecule has 36 heavy (non-hydrogen) atoms. The zero-order valence-electron chi connectivity index (χ0n) is 20.9. The number of fused-ring (bicyclic) bond motifs is 1. The summed E-state index contributed by atoms with van der Waals surface area (Å²) >= 11 is 0. The number of methoxy groups -OCH3 is 1. The van der Waals surface area contributed by atoms with E-state index in [0.29, 0.717) is 43.0 Å². The lowest BCUT2D eigenvalue weighted by Gasteiger charge is -2.30. The van der Waals surface area contributed by atoms with Gasteiger partial charge < -0.3 is 19.3 Å². The topological polar surface area (TPSA) is 122 Å². The van der Waals surface area contributed by atoms with E-state index >= 15 is 0 Å². The van der Waals surface area contributed by atoms with Crippen molar-refractivity contribution >= 4 is 17.0 Å². The molecule has 0 amide bonds. The minimum Gasteiger partial charge on any atom is -0.496 e. The number of benzene rings is 1. The maximum atomic E-state index is 13.8. The summed E-state index contributed by atoms with van der Waals surface area (Å²) in [6, 6.07) is 10.8. The summed E-state index contributed by atoms with van der Waals surface area (Å²) in [5.41, 5.74) is -1.65. The molecule has 10 nitrogen and oxygen atoms in total. The van der Waals surface area contributed by atoms with Crippen molar-refractivity contribution in [2.45, 2.75) is 57.9 Å². The Bertz CT molecular complexity index is 1390. The van der Waals surface area contributed by atoms with Gasteiger partial charge in [-0.25, -0.2) is 19.1 Å². The molecule has 2 aromatic heterocycles. The Morgan fingerprint density at radius 2 is 1.89 bits per heavy atom. The maximum Gasteiger partial charge on any atom is 0.332 e. The van der Waals surface area contributed by atoms with Crippen LogP contribution in [0.2, 0.25) is 0 Å². The molecule has 0 saturated carbocycles. The Morgan fingerprint density at radius 1 is 1.19 bits per heavy atom. The molecular formula is C26H31N3O7. The lowest BCUT2D eigenvalue weighted by molar-refractivity contribution is -0.146. The molecular weight excluding hydrogens is 466 g/mol.